The zero-order valence-corrected chi connectivity index (χ0v) is 24.8. The molecular weight excluding hydrogens is 569 g/mol. The Morgan fingerprint density at radius 2 is 1.62 bits per heavy atom. The van der Waals surface area contributed by atoms with Crippen LogP contribution in [-0.4, -0.2) is 43.8 Å². The van der Waals surface area contributed by atoms with Crippen LogP contribution in [0.4, 0.5) is 5.69 Å². The van der Waals surface area contributed by atoms with Gasteiger partial charge in [0.2, 0.25) is 11.8 Å². The maximum absolute atomic E-state index is 14.0. The Labute approximate surface area is 246 Å². The Hall–Kier alpha value is -3.07. The van der Waals surface area contributed by atoms with Gasteiger partial charge in [-0.05, 0) is 68.7 Å². The first kappa shape index (κ1) is 29.9. The van der Waals surface area contributed by atoms with Crippen molar-refractivity contribution < 1.29 is 18.0 Å². The van der Waals surface area contributed by atoms with Crippen LogP contribution in [0, 0.1) is 6.92 Å². The van der Waals surface area contributed by atoms with Crippen molar-refractivity contribution in [2.45, 2.75) is 63.1 Å². The zero-order valence-electron chi connectivity index (χ0n) is 22.5. The topological polar surface area (TPSA) is 86.8 Å². The van der Waals surface area contributed by atoms with Crippen LogP contribution in [0.5, 0.6) is 0 Å². The maximum Gasteiger partial charge on any atom is 0.264 e. The van der Waals surface area contributed by atoms with Gasteiger partial charge in [0, 0.05) is 22.6 Å². The number of hydrogen-bond donors (Lipinski definition) is 1. The molecular formula is C30H33Cl2N3O4S. The summed E-state index contributed by atoms with van der Waals surface area (Å²) in [5.74, 6) is -0.836. The van der Waals surface area contributed by atoms with Crippen LogP contribution in [0.1, 0.15) is 43.7 Å². The van der Waals surface area contributed by atoms with Gasteiger partial charge >= 0.3 is 0 Å². The summed E-state index contributed by atoms with van der Waals surface area (Å²) in [6, 6.07) is 19.0. The molecule has 0 bridgehead atoms. The van der Waals surface area contributed by atoms with Crippen LogP contribution in [0.15, 0.2) is 77.7 Å². The van der Waals surface area contributed by atoms with Crippen LogP contribution in [0.25, 0.3) is 0 Å². The largest absolute Gasteiger partial charge is 0.352 e. The molecule has 2 amide bonds. The van der Waals surface area contributed by atoms with Gasteiger partial charge in [0.15, 0.2) is 0 Å². The smallest absolute Gasteiger partial charge is 0.264 e. The van der Waals surface area contributed by atoms with Crippen LogP contribution in [0.2, 0.25) is 10.0 Å². The molecule has 1 N–H and O–H groups in total. The molecule has 0 spiro atoms. The van der Waals surface area contributed by atoms with Crippen molar-refractivity contribution in [1.29, 1.82) is 0 Å². The summed E-state index contributed by atoms with van der Waals surface area (Å²) in [6.45, 7) is 3.01. The first-order chi connectivity index (χ1) is 19.1. The molecule has 7 nitrogen and oxygen atoms in total. The molecule has 0 aliphatic heterocycles. The lowest BCUT2D eigenvalue weighted by atomic mass is 10.1. The molecule has 0 saturated heterocycles. The van der Waals surface area contributed by atoms with Gasteiger partial charge in [-0.15, -0.1) is 0 Å². The number of para-hydroxylation sites is 1. The molecule has 3 aromatic rings. The van der Waals surface area contributed by atoms with E-state index in [0.717, 1.165) is 35.6 Å². The average Bonchev–Trinajstić information content (AvgIpc) is 3.44. The molecule has 0 aromatic heterocycles. The monoisotopic (exact) mass is 601 g/mol. The van der Waals surface area contributed by atoms with Crippen molar-refractivity contribution in [3.63, 3.8) is 0 Å². The predicted molar refractivity (Wildman–Crippen MR) is 159 cm³/mol. The van der Waals surface area contributed by atoms with Crippen molar-refractivity contribution in [3.8, 4) is 0 Å². The van der Waals surface area contributed by atoms with Crippen LogP contribution in [-0.2, 0) is 26.2 Å². The van der Waals surface area contributed by atoms with Gasteiger partial charge in [-0.3, -0.25) is 13.9 Å². The van der Waals surface area contributed by atoms with E-state index in [1.807, 2.05) is 6.92 Å². The van der Waals surface area contributed by atoms with E-state index in [1.165, 1.54) is 17.0 Å². The number of nitrogens with one attached hydrogen (secondary N) is 1. The standard InChI is InChI=1S/C30H33Cl2N3O4S/c1-21-12-16-27(17-13-21)40(38,39)35(26-10-4-3-5-11-26)20-29(36)34(19-23-14-15-24(31)18-28(23)32)22(2)30(37)33-25-8-6-7-9-25/h3-5,10-18,22,25H,6-9,19-20H2,1-2H3,(H,33,37). The van der Waals surface area contributed by atoms with Gasteiger partial charge in [-0.2, -0.15) is 0 Å². The second-order valence-electron chi connectivity index (χ2n) is 10.1. The highest BCUT2D eigenvalue weighted by Crippen LogP contribution is 2.27. The summed E-state index contributed by atoms with van der Waals surface area (Å²) in [7, 11) is -4.11. The Kier molecular flexibility index (Phi) is 9.77. The second-order valence-corrected chi connectivity index (χ2v) is 12.8. The summed E-state index contributed by atoms with van der Waals surface area (Å²) in [5, 5.41) is 3.84. The molecule has 10 heteroatoms. The minimum Gasteiger partial charge on any atom is -0.352 e. The quantitative estimate of drug-likeness (QED) is 0.310. The lowest BCUT2D eigenvalue weighted by Gasteiger charge is -2.32. The molecule has 0 heterocycles. The van der Waals surface area contributed by atoms with Crippen molar-refractivity contribution in [1.82, 2.24) is 10.2 Å². The van der Waals surface area contributed by atoms with E-state index in [4.69, 9.17) is 23.2 Å². The Morgan fingerprint density at radius 1 is 0.975 bits per heavy atom. The summed E-state index contributed by atoms with van der Waals surface area (Å²) in [5.41, 5.74) is 1.84. The minimum absolute atomic E-state index is 0.00129. The van der Waals surface area contributed by atoms with E-state index in [1.54, 1.807) is 67.6 Å². The number of halogens is 2. The molecule has 40 heavy (non-hydrogen) atoms. The van der Waals surface area contributed by atoms with E-state index in [0.29, 0.717) is 21.3 Å². The SMILES string of the molecule is Cc1ccc(S(=O)(=O)N(CC(=O)N(Cc2ccc(Cl)cc2Cl)C(C)C(=O)NC2CCCC2)c2ccccc2)cc1. The van der Waals surface area contributed by atoms with Crippen molar-refractivity contribution in [2.24, 2.45) is 0 Å². The summed E-state index contributed by atoms with van der Waals surface area (Å²) < 4.78 is 28.7. The predicted octanol–water partition coefficient (Wildman–Crippen LogP) is 5.97. The Morgan fingerprint density at radius 3 is 2.25 bits per heavy atom. The Balaban J connectivity index is 1.68. The minimum atomic E-state index is -4.11. The third-order valence-electron chi connectivity index (χ3n) is 7.16. The van der Waals surface area contributed by atoms with E-state index >= 15 is 0 Å². The number of sulfonamides is 1. The van der Waals surface area contributed by atoms with E-state index in [-0.39, 0.29) is 23.4 Å². The van der Waals surface area contributed by atoms with E-state index < -0.39 is 28.5 Å². The van der Waals surface area contributed by atoms with Crippen molar-refractivity contribution in [2.75, 3.05) is 10.8 Å². The fourth-order valence-corrected chi connectivity index (χ4v) is 6.65. The summed E-state index contributed by atoms with van der Waals surface area (Å²) >= 11 is 12.5. The number of carbonyl (C=O) groups excluding carboxylic acids is 2. The van der Waals surface area contributed by atoms with Crippen LogP contribution >= 0.6 is 23.2 Å². The van der Waals surface area contributed by atoms with Gasteiger partial charge < -0.3 is 10.2 Å². The molecule has 1 aliphatic rings. The number of anilines is 1. The van der Waals surface area contributed by atoms with Crippen LogP contribution < -0.4 is 9.62 Å². The lowest BCUT2D eigenvalue weighted by molar-refractivity contribution is -0.139. The fraction of sp³-hybridized carbons (Fsp3) is 0.333. The zero-order chi connectivity index (χ0) is 28.9. The second kappa shape index (κ2) is 13.1. The van der Waals surface area contributed by atoms with Crippen LogP contribution in [0.3, 0.4) is 0 Å². The van der Waals surface area contributed by atoms with Gasteiger partial charge in [0.05, 0.1) is 10.6 Å². The molecule has 1 aliphatic carbocycles. The highest BCUT2D eigenvalue weighted by molar-refractivity contribution is 7.92. The first-order valence-corrected chi connectivity index (χ1v) is 15.4. The normalized spacial score (nSPS) is 14.5. The third kappa shape index (κ3) is 7.16. The Bertz CT molecular complexity index is 1440. The van der Waals surface area contributed by atoms with Gasteiger partial charge in [0.1, 0.15) is 12.6 Å². The number of amides is 2. The molecule has 1 unspecified atom stereocenters. The highest BCUT2D eigenvalue weighted by atomic mass is 35.5. The number of rotatable bonds is 10. The highest BCUT2D eigenvalue weighted by Gasteiger charge is 2.33. The van der Waals surface area contributed by atoms with E-state index in [2.05, 4.69) is 5.32 Å². The fourth-order valence-electron chi connectivity index (χ4n) is 4.77. The van der Waals surface area contributed by atoms with E-state index in [9.17, 15) is 18.0 Å². The molecule has 1 saturated carbocycles. The maximum atomic E-state index is 14.0. The summed E-state index contributed by atoms with van der Waals surface area (Å²) in [4.78, 5) is 28.7. The first-order valence-electron chi connectivity index (χ1n) is 13.2. The molecule has 1 fully saturated rings. The number of hydrogen-bond acceptors (Lipinski definition) is 4. The molecule has 1 atom stereocenters. The molecule has 0 radical (unpaired) electrons. The molecule has 4 rings (SSSR count). The number of carbonyl (C=O) groups is 2. The van der Waals surface area contributed by atoms with Crippen molar-refractivity contribution in [3.05, 3.63) is 94.0 Å². The molecule has 3 aromatic carbocycles. The molecule has 212 valence electrons. The van der Waals surface area contributed by atoms with Gasteiger partial charge in [0.25, 0.3) is 10.0 Å². The van der Waals surface area contributed by atoms with Gasteiger partial charge in [-0.1, -0.05) is 78.0 Å². The number of nitrogens with zero attached hydrogens (tertiary/aromatic N) is 2. The van der Waals surface area contributed by atoms with Gasteiger partial charge in [-0.25, -0.2) is 8.42 Å². The van der Waals surface area contributed by atoms with Crippen molar-refractivity contribution >= 4 is 50.7 Å². The average molecular weight is 603 g/mol. The third-order valence-corrected chi connectivity index (χ3v) is 9.53. The number of benzene rings is 3. The number of aryl methyl sites for hydroxylation is 1. The lowest BCUT2D eigenvalue weighted by Crippen LogP contribution is -2.52. The summed E-state index contributed by atoms with van der Waals surface area (Å²) in [6.07, 6.45) is 3.88.